The zero-order valence-electron chi connectivity index (χ0n) is 14.8. The smallest absolute Gasteiger partial charge is 0.545 e. The number of fused-ring (bicyclic) bond motifs is 2. The molecule has 0 bridgehead atoms. The third-order valence-corrected chi connectivity index (χ3v) is 4.43. The van der Waals surface area contributed by atoms with Gasteiger partial charge >= 0.3 is 29.6 Å². The molecule has 0 saturated heterocycles. The number of nitrogens with zero attached hydrogens (tertiary/aromatic N) is 2. The summed E-state index contributed by atoms with van der Waals surface area (Å²) < 4.78 is 25.8. The maximum Gasteiger partial charge on any atom is 1.00 e. The number of carbonyl (C=O) groups excluding carboxylic acids is 1. The quantitative estimate of drug-likeness (QED) is 0.456. The molecule has 2 aromatic carbocycles. The van der Waals surface area contributed by atoms with Gasteiger partial charge in [0.15, 0.2) is 12.5 Å². The molecule has 1 N–H and O–H groups in total. The standard InChI is InChI=1S/C18H13FN2O6.Na/c19-11-4-9(16-10(5-11)7-26-8-27-16)6-21-13-3-1-2-12(18(23)24)14(13)15(20-25)17(21)22;/h1-5,22H,6-8H2,(H,23,24);/q;+1/p-1. The number of ether oxygens (including phenoxy) is 2. The van der Waals surface area contributed by atoms with Crippen LogP contribution in [0.5, 0.6) is 11.6 Å². The van der Waals surface area contributed by atoms with Crippen LogP contribution in [-0.4, -0.2) is 22.4 Å². The molecular weight excluding hydrogens is 382 g/mol. The van der Waals surface area contributed by atoms with Crippen LogP contribution in [0.2, 0.25) is 0 Å². The first kappa shape index (κ1) is 20.3. The van der Waals surface area contributed by atoms with Gasteiger partial charge in [0.1, 0.15) is 11.6 Å². The van der Waals surface area contributed by atoms with Crippen molar-refractivity contribution in [2.24, 2.45) is 5.18 Å². The van der Waals surface area contributed by atoms with Crippen molar-refractivity contribution in [1.82, 2.24) is 4.57 Å². The van der Waals surface area contributed by atoms with Crippen molar-refractivity contribution in [2.45, 2.75) is 13.2 Å². The van der Waals surface area contributed by atoms with Crippen molar-refractivity contribution in [3.63, 3.8) is 0 Å². The molecule has 0 spiro atoms. The fraction of sp³-hybridized carbons (Fsp3) is 0.167. The summed E-state index contributed by atoms with van der Waals surface area (Å²) in [6.45, 7) is 0.100. The molecule has 10 heteroatoms. The second-order valence-electron chi connectivity index (χ2n) is 6.00. The second-order valence-corrected chi connectivity index (χ2v) is 6.00. The van der Waals surface area contributed by atoms with Gasteiger partial charge in [-0.25, -0.2) is 4.39 Å². The molecule has 2 heterocycles. The topological polar surface area (TPSA) is 113 Å². The minimum absolute atomic E-state index is 0. The fourth-order valence-corrected chi connectivity index (χ4v) is 3.33. The van der Waals surface area contributed by atoms with E-state index in [1.54, 1.807) is 0 Å². The van der Waals surface area contributed by atoms with Gasteiger partial charge in [0.25, 0.3) is 0 Å². The molecule has 3 aromatic rings. The van der Waals surface area contributed by atoms with Gasteiger partial charge in [-0.15, -0.1) is 4.91 Å². The van der Waals surface area contributed by atoms with Crippen LogP contribution in [0, 0.1) is 10.7 Å². The van der Waals surface area contributed by atoms with E-state index in [9.17, 15) is 24.3 Å². The summed E-state index contributed by atoms with van der Waals surface area (Å²) in [6.07, 6.45) is 0. The maximum atomic E-state index is 14.0. The SMILES string of the molecule is O=Nc1c(O)n(Cc2cc(F)cc3c2OCOC3)c2cccc(C(=O)[O-])c12.[Na+]. The van der Waals surface area contributed by atoms with Gasteiger partial charge in [-0.3, -0.25) is 0 Å². The second kappa shape index (κ2) is 7.88. The summed E-state index contributed by atoms with van der Waals surface area (Å²) in [5.41, 5.74) is 0.462. The Morgan fingerprint density at radius 3 is 2.86 bits per heavy atom. The summed E-state index contributed by atoms with van der Waals surface area (Å²) in [5.74, 6) is -2.14. The number of carboxylic acid groups (broad SMARTS) is 1. The molecule has 1 aliphatic rings. The predicted molar refractivity (Wildman–Crippen MR) is 89.2 cm³/mol. The predicted octanol–water partition coefficient (Wildman–Crippen LogP) is -0.834. The number of hydrogen-bond donors (Lipinski definition) is 1. The van der Waals surface area contributed by atoms with Crippen molar-refractivity contribution in [2.75, 3.05) is 6.79 Å². The number of rotatable bonds is 4. The van der Waals surface area contributed by atoms with E-state index in [-0.39, 0.29) is 66.0 Å². The van der Waals surface area contributed by atoms with Gasteiger partial charge in [-0.2, -0.15) is 0 Å². The van der Waals surface area contributed by atoms with Crippen molar-refractivity contribution >= 4 is 22.6 Å². The van der Waals surface area contributed by atoms with Crippen molar-refractivity contribution < 1.29 is 58.4 Å². The molecule has 4 rings (SSSR count). The first-order chi connectivity index (χ1) is 13.0. The molecule has 8 nitrogen and oxygen atoms in total. The van der Waals surface area contributed by atoms with E-state index in [0.29, 0.717) is 16.9 Å². The summed E-state index contributed by atoms with van der Waals surface area (Å²) in [7, 11) is 0. The number of benzene rings is 2. The van der Waals surface area contributed by atoms with E-state index in [0.717, 1.165) is 0 Å². The molecule has 0 fully saturated rings. The van der Waals surface area contributed by atoms with Crippen LogP contribution in [0.15, 0.2) is 35.5 Å². The minimum atomic E-state index is -1.51. The molecule has 138 valence electrons. The number of hydrogen-bond acceptors (Lipinski definition) is 7. The molecule has 28 heavy (non-hydrogen) atoms. The zero-order valence-corrected chi connectivity index (χ0v) is 16.8. The number of aromatic hydroxyl groups is 1. The van der Waals surface area contributed by atoms with Gasteiger partial charge in [-0.05, 0) is 23.4 Å². The molecule has 0 atom stereocenters. The number of carbonyl (C=O) groups is 1. The van der Waals surface area contributed by atoms with Gasteiger partial charge < -0.3 is 29.0 Å². The third-order valence-electron chi connectivity index (χ3n) is 4.43. The average molecular weight is 394 g/mol. The Balaban J connectivity index is 0.00000225. The van der Waals surface area contributed by atoms with Crippen LogP contribution < -0.4 is 39.4 Å². The van der Waals surface area contributed by atoms with Gasteiger partial charge in [0.2, 0.25) is 5.88 Å². The molecule has 1 aliphatic heterocycles. The van der Waals surface area contributed by atoms with Crippen molar-refractivity contribution in [3.05, 3.63) is 57.7 Å². The van der Waals surface area contributed by atoms with Crippen LogP contribution in [-0.2, 0) is 17.9 Å². The Morgan fingerprint density at radius 2 is 2.14 bits per heavy atom. The normalized spacial score (nSPS) is 12.8. The molecule has 0 radical (unpaired) electrons. The molecule has 0 amide bonds. The van der Waals surface area contributed by atoms with E-state index in [4.69, 9.17) is 9.47 Å². The van der Waals surface area contributed by atoms with Crippen molar-refractivity contribution in [1.29, 1.82) is 0 Å². The third kappa shape index (κ3) is 3.26. The first-order valence-electron chi connectivity index (χ1n) is 7.92. The molecule has 0 aliphatic carbocycles. The monoisotopic (exact) mass is 394 g/mol. The van der Waals surface area contributed by atoms with Gasteiger partial charge in [-0.1, -0.05) is 12.1 Å². The van der Waals surface area contributed by atoms with Crippen LogP contribution in [0.25, 0.3) is 10.9 Å². The van der Waals surface area contributed by atoms with Gasteiger partial charge in [0, 0.05) is 22.1 Å². The van der Waals surface area contributed by atoms with Crippen LogP contribution in [0.4, 0.5) is 10.1 Å². The maximum absolute atomic E-state index is 14.0. The summed E-state index contributed by atoms with van der Waals surface area (Å²) in [6, 6.07) is 6.75. The number of aromatic nitrogens is 1. The minimum Gasteiger partial charge on any atom is -0.545 e. The molecule has 0 saturated carbocycles. The largest absolute Gasteiger partial charge is 1.00 e. The number of halogens is 1. The average Bonchev–Trinajstić information content (AvgIpc) is 2.92. The Kier molecular flexibility index (Phi) is 5.71. The number of aromatic carboxylic acids is 1. The Hall–Kier alpha value is -2.46. The Bertz CT molecular complexity index is 1100. The van der Waals surface area contributed by atoms with E-state index in [1.807, 2.05) is 0 Å². The fourth-order valence-electron chi connectivity index (χ4n) is 3.33. The van der Waals surface area contributed by atoms with E-state index in [2.05, 4.69) is 5.18 Å². The van der Waals surface area contributed by atoms with Crippen LogP contribution in [0.1, 0.15) is 21.5 Å². The first-order valence-corrected chi connectivity index (χ1v) is 7.92. The van der Waals surface area contributed by atoms with Crippen LogP contribution >= 0.6 is 0 Å². The van der Waals surface area contributed by atoms with Crippen LogP contribution in [0.3, 0.4) is 0 Å². The zero-order chi connectivity index (χ0) is 19.1. The molecule has 1 aromatic heterocycles. The summed E-state index contributed by atoms with van der Waals surface area (Å²) in [4.78, 5) is 22.6. The number of nitroso groups, excluding NO2 is 1. The van der Waals surface area contributed by atoms with Crippen molar-refractivity contribution in [3.8, 4) is 11.6 Å². The number of carboxylic acids is 1. The molecular formula is C18H12FN2NaO6. The summed E-state index contributed by atoms with van der Waals surface area (Å²) >= 11 is 0. The Morgan fingerprint density at radius 1 is 1.36 bits per heavy atom. The van der Waals surface area contributed by atoms with Gasteiger partial charge in [0.05, 0.1) is 24.6 Å². The van der Waals surface area contributed by atoms with E-state index < -0.39 is 23.4 Å². The summed E-state index contributed by atoms with van der Waals surface area (Å²) in [5, 5.41) is 24.5. The molecule has 0 unspecified atom stereocenters. The van der Waals surface area contributed by atoms with E-state index in [1.165, 1.54) is 34.9 Å². The van der Waals surface area contributed by atoms with E-state index >= 15 is 0 Å². The Labute approximate surface area is 179 Å².